The molecule has 0 saturated carbocycles. The normalized spacial score (nSPS) is 16.0. The Balaban J connectivity index is 1.70. The first kappa shape index (κ1) is 21.5. The van der Waals surface area contributed by atoms with Crippen LogP contribution in [0.5, 0.6) is 0 Å². The van der Waals surface area contributed by atoms with Crippen molar-refractivity contribution in [2.24, 2.45) is 0 Å². The maximum atomic E-state index is 13.7. The lowest BCUT2D eigenvalue weighted by Gasteiger charge is -2.24. The van der Waals surface area contributed by atoms with Crippen molar-refractivity contribution >= 4 is 44.1 Å². The first-order valence-electron chi connectivity index (χ1n) is 9.93. The van der Waals surface area contributed by atoms with Crippen molar-refractivity contribution in [2.45, 2.75) is 13.0 Å². The van der Waals surface area contributed by atoms with Crippen LogP contribution in [0.1, 0.15) is 27.9 Å². The molecule has 1 aliphatic heterocycles. The third-order valence-corrected chi connectivity index (χ3v) is 6.38. The van der Waals surface area contributed by atoms with E-state index in [-0.39, 0.29) is 27.7 Å². The van der Waals surface area contributed by atoms with Crippen LogP contribution < -0.4 is 4.90 Å². The highest BCUT2D eigenvalue weighted by Gasteiger charge is 2.46. The molecule has 34 heavy (non-hydrogen) atoms. The Bertz CT molecular complexity index is 1540. The number of hydrogen-bond acceptors (Lipinski definition) is 8. The number of nitro groups is 1. The predicted octanol–water partition coefficient (Wildman–Crippen LogP) is 5.03. The van der Waals surface area contributed by atoms with Gasteiger partial charge in [0.25, 0.3) is 11.6 Å². The number of aryl methyl sites for hydroxylation is 1. The molecule has 170 valence electrons. The largest absolute Gasteiger partial charge is 0.503 e. The second kappa shape index (κ2) is 7.89. The standard InChI is InChI=1S/C23H14FN3O6S/c1-11-5-8-16(33-11)20(28)18-19(12-3-2-4-14(9-12)27(31)32)26(22(30)21(18)29)23-25-15-7-6-13(24)10-17(15)34-23/h2-10,19,29H,1H3/t19-/m1/s1. The average molecular weight is 479 g/mol. The molecule has 0 spiro atoms. The van der Waals surface area contributed by atoms with E-state index in [9.17, 15) is 29.2 Å². The molecule has 0 saturated heterocycles. The van der Waals surface area contributed by atoms with Gasteiger partial charge in [0.2, 0.25) is 5.78 Å². The molecule has 0 fully saturated rings. The highest BCUT2D eigenvalue weighted by Crippen LogP contribution is 2.44. The van der Waals surface area contributed by atoms with Gasteiger partial charge in [-0.15, -0.1) is 0 Å². The number of rotatable bonds is 5. The first-order valence-corrected chi connectivity index (χ1v) is 10.7. The van der Waals surface area contributed by atoms with Crippen molar-refractivity contribution in [3.63, 3.8) is 0 Å². The summed E-state index contributed by atoms with van der Waals surface area (Å²) in [5.74, 6) is -2.62. The topological polar surface area (TPSA) is 127 Å². The van der Waals surface area contributed by atoms with Gasteiger partial charge in [-0.25, -0.2) is 9.37 Å². The van der Waals surface area contributed by atoms with E-state index in [4.69, 9.17) is 4.42 Å². The molecule has 0 aliphatic carbocycles. The van der Waals surface area contributed by atoms with Crippen LogP contribution in [0.3, 0.4) is 0 Å². The molecule has 11 heteroatoms. The number of nitrogens with zero attached hydrogens (tertiary/aromatic N) is 3. The number of hydrogen-bond donors (Lipinski definition) is 1. The number of non-ortho nitro benzene ring substituents is 1. The van der Waals surface area contributed by atoms with E-state index in [2.05, 4.69) is 4.98 Å². The number of Topliss-reactive ketones (excluding diaryl/α,β-unsaturated/α-hetero) is 1. The zero-order valence-corrected chi connectivity index (χ0v) is 18.2. The monoisotopic (exact) mass is 479 g/mol. The summed E-state index contributed by atoms with van der Waals surface area (Å²) in [7, 11) is 0. The summed E-state index contributed by atoms with van der Waals surface area (Å²) in [5, 5.41) is 22.2. The third-order valence-electron chi connectivity index (χ3n) is 5.36. The molecule has 0 unspecified atom stereocenters. The van der Waals surface area contributed by atoms with Crippen LogP contribution in [0.15, 0.2) is 70.3 Å². The quantitative estimate of drug-likeness (QED) is 0.242. The molecule has 0 radical (unpaired) electrons. The summed E-state index contributed by atoms with van der Waals surface area (Å²) >= 11 is 0.985. The number of anilines is 1. The Morgan fingerprint density at radius 3 is 2.74 bits per heavy atom. The number of nitro benzene ring substituents is 1. The number of aromatic nitrogens is 1. The van der Waals surface area contributed by atoms with Crippen LogP contribution in [0.25, 0.3) is 10.2 Å². The number of ketones is 1. The highest BCUT2D eigenvalue weighted by atomic mass is 32.1. The fraction of sp³-hybridized carbons (Fsp3) is 0.0870. The minimum absolute atomic E-state index is 0.0899. The van der Waals surface area contributed by atoms with Crippen molar-refractivity contribution in [3.05, 3.63) is 98.9 Å². The van der Waals surface area contributed by atoms with Gasteiger partial charge in [-0.1, -0.05) is 23.5 Å². The van der Waals surface area contributed by atoms with Crippen LogP contribution in [-0.4, -0.2) is 26.7 Å². The summed E-state index contributed by atoms with van der Waals surface area (Å²) < 4.78 is 19.6. The van der Waals surface area contributed by atoms with Crippen molar-refractivity contribution in [3.8, 4) is 0 Å². The Labute approximate surface area is 194 Å². The van der Waals surface area contributed by atoms with Crippen LogP contribution in [0.2, 0.25) is 0 Å². The van der Waals surface area contributed by atoms with Crippen molar-refractivity contribution < 1.29 is 28.4 Å². The molecule has 1 atom stereocenters. The first-order chi connectivity index (χ1) is 16.2. The average Bonchev–Trinajstić information content (AvgIpc) is 3.49. The summed E-state index contributed by atoms with van der Waals surface area (Å²) in [6, 6.07) is 11.1. The number of benzene rings is 2. The molecule has 2 aromatic heterocycles. The summed E-state index contributed by atoms with van der Waals surface area (Å²) in [5.41, 5.74) is 0.0603. The van der Waals surface area contributed by atoms with Gasteiger partial charge in [-0.05, 0) is 42.8 Å². The summed E-state index contributed by atoms with van der Waals surface area (Å²) in [6.45, 7) is 1.63. The second-order valence-corrected chi connectivity index (χ2v) is 8.55. The number of carbonyl (C=O) groups excluding carboxylic acids is 2. The fourth-order valence-corrected chi connectivity index (χ4v) is 4.85. The van der Waals surface area contributed by atoms with Gasteiger partial charge in [0, 0.05) is 12.1 Å². The van der Waals surface area contributed by atoms with Gasteiger partial charge in [0.1, 0.15) is 11.6 Å². The van der Waals surface area contributed by atoms with Crippen molar-refractivity contribution in [2.75, 3.05) is 4.90 Å². The van der Waals surface area contributed by atoms with Gasteiger partial charge < -0.3 is 9.52 Å². The molecule has 1 amide bonds. The van der Waals surface area contributed by atoms with Crippen LogP contribution >= 0.6 is 11.3 Å². The van der Waals surface area contributed by atoms with Gasteiger partial charge in [-0.2, -0.15) is 0 Å². The lowest BCUT2D eigenvalue weighted by molar-refractivity contribution is -0.384. The van der Waals surface area contributed by atoms with E-state index in [1.54, 1.807) is 13.0 Å². The minimum Gasteiger partial charge on any atom is -0.503 e. The molecule has 9 nitrogen and oxygen atoms in total. The Hall–Kier alpha value is -4.38. The summed E-state index contributed by atoms with van der Waals surface area (Å²) in [4.78, 5) is 42.7. The van der Waals surface area contributed by atoms with Gasteiger partial charge in [0.05, 0.1) is 26.8 Å². The zero-order valence-electron chi connectivity index (χ0n) is 17.4. The maximum Gasteiger partial charge on any atom is 0.296 e. The smallest absolute Gasteiger partial charge is 0.296 e. The lowest BCUT2D eigenvalue weighted by atomic mass is 9.95. The molecular weight excluding hydrogens is 465 g/mol. The van der Waals surface area contributed by atoms with E-state index in [0.29, 0.717) is 16.0 Å². The number of thiazole rings is 1. The number of furan rings is 1. The second-order valence-electron chi connectivity index (χ2n) is 7.54. The predicted molar refractivity (Wildman–Crippen MR) is 120 cm³/mol. The van der Waals surface area contributed by atoms with Gasteiger partial charge in [0.15, 0.2) is 16.7 Å². The third kappa shape index (κ3) is 3.42. The molecule has 3 heterocycles. The number of aliphatic hydroxyl groups is 1. The SMILES string of the molecule is Cc1ccc(C(=O)C2=C(O)C(=O)N(c3nc4ccc(F)cc4s3)[C@@H]2c2cccc([N+](=O)[O-])c2)o1. The Morgan fingerprint density at radius 2 is 2.03 bits per heavy atom. The minimum atomic E-state index is -1.23. The van der Waals surface area contributed by atoms with E-state index < -0.39 is 34.2 Å². The van der Waals surface area contributed by atoms with Crippen LogP contribution in [0.4, 0.5) is 15.2 Å². The zero-order chi connectivity index (χ0) is 24.1. The molecule has 1 N–H and O–H groups in total. The number of carbonyl (C=O) groups is 2. The van der Waals surface area contributed by atoms with E-state index in [1.165, 1.54) is 48.5 Å². The molecule has 4 aromatic rings. The molecular formula is C23H14FN3O6S. The lowest BCUT2D eigenvalue weighted by Crippen LogP contribution is -2.31. The van der Waals surface area contributed by atoms with E-state index in [1.807, 2.05) is 0 Å². The molecule has 1 aliphatic rings. The van der Waals surface area contributed by atoms with Gasteiger partial charge in [-0.3, -0.25) is 24.6 Å². The van der Waals surface area contributed by atoms with Crippen LogP contribution in [-0.2, 0) is 4.79 Å². The Kier molecular flexibility index (Phi) is 4.98. The number of aliphatic hydroxyl groups excluding tert-OH is 1. The molecule has 2 aromatic carbocycles. The van der Waals surface area contributed by atoms with E-state index in [0.717, 1.165) is 16.2 Å². The van der Waals surface area contributed by atoms with Crippen molar-refractivity contribution in [1.29, 1.82) is 0 Å². The molecule has 5 rings (SSSR count). The van der Waals surface area contributed by atoms with E-state index >= 15 is 0 Å². The Morgan fingerprint density at radius 1 is 1.24 bits per heavy atom. The highest BCUT2D eigenvalue weighted by molar-refractivity contribution is 7.22. The maximum absolute atomic E-state index is 13.7. The number of halogens is 1. The number of fused-ring (bicyclic) bond motifs is 1. The van der Waals surface area contributed by atoms with Crippen molar-refractivity contribution in [1.82, 2.24) is 4.98 Å². The number of amides is 1. The van der Waals surface area contributed by atoms with Gasteiger partial charge >= 0.3 is 0 Å². The van der Waals surface area contributed by atoms with Crippen LogP contribution in [0, 0.1) is 22.9 Å². The summed E-state index contributed by atoms with van der Waals surface area (Å²) in [6.07, 6.45) is 0. The molecule has 0 bridgehead atoms. The fourth-order valence-electron chi connectivity index (χ4n) is 3.84.